The van der Waals surface area contributed by atoms with Crippen LogP contribution in [0.15, 0.2) is 23.2 Å². The molecule has 0 atom stereocenters. The van der Waals surface area contributed by atoms with Gasteiger partial charge in [-0.25, -0.2) is 13.1 Å². The molecule has 1 heterocycles. The van der Waals surface area contributed by atoms with E-state index in [4.69, 9.17) is 9.47 Å². The Kier molecular flexibility index (Phi) is 10.0. The van der Waals surface area contributed by atoms with Gasteiger partial charge in [0, 0.05) is 31.3 Å². The molecular formula is C16H27IN4O4S. The number of anilines is 1. The van der Waals surface area contributed by atoms with Gasteiger partial charge in [0.25, 0.3) is 0 Å². The van der Waals surface area contributed by atoms with Gasteiger partial charge in [-0.2, -0.15) is 0 Å². The standard InChI is InChI=1S/C16H26N4O4S.HI/c1-3-17-16(18-8-9-19-25(21,22)4-2)20-13-6-7-14-15(12-13)24-11-5-10-23-14;/h6-7,12,19H,3-5,8-11H2,1-2H3,(H2,17,18,20);1H. The predicted octanol–water partition coefficient (Wildman–Crippen LogP) is 1.78. The summed E-state index contributed by atoms with van der Waals surface area (Å²) in [6.45, 7) is 6.12. The van der Waals surface area contributed by atoms with Crippen LogP contribution in [0, 0.1) is 0 Å². The van der Waals surface area contributed by atoms with Crippen molar-refractivity contribution in [3.63, 3.8) is 0 Å². The van der Waals surface area contributed by atoms with Crippen LogP contribution in [0.25, 0.3) is 0 Å². The van der Waals surface area contributed by atoms with Crippen molar-refractivity contribution >= 4 is 45.6 Å². The zero-order chi connectivity index (χ0) is 18.1. The van der Waals surface area contributed by atoms with Crippen LogP contribution < -0.4 is 24.8 Å². The van der Waals surface area contributed by atoms with Gasteiger partial charge in [-0.3, -0.25) is 4.99 Å². The molecule has 0 aliphatic carbocycles. The first-order chi connectivity index (χ1) is 12.0. The van der Waals surface area contributed by atoms with E-state index in [9.17, 15) is 8.42 Å². The van der Waals surface area contributed by atoms with Crippen LogP contribution in [0.2, 0.25) is 0 Å². The van der Waals surface area contributed by atoms with Crippen LogP contribution in [-0.2, 0) is 10.0 Å². The van der Waals surface area contributed by atoms with Crippen molar-refractivity contribution in [2.75, 3.05) is 43.9 Å². The number of nitrogens with zero attached hydrogens (tertiary/aromatic N) is 1. The Bertz CT molecular complexity index is 697. The summed E-state index contributed by atoms with van der Waals surface area (Å²) >= 11 is 0. The zero-order valence-electron chi connectivity index (χ0n) is 15.1. The molecule has 0 spiro atoms. The summed E-state index contributed by atoms with van der Waals surface area (Å²) in [6.07, 6.45) is 0.856. The third kappa shape index (κ3) is 7.54. The van der Waals surface area contributed by atoms with Crippen LogP contribution in [0.3, 0.4) is 0 Å². The number of guanidine groups is 1. The molecule has 0 fully saturated rings. The van der Waals surface area contributed by atoms with Crippen LogP contribution >= 0.6 is 24.0 Å². The normalized spacial score (nSPS) is 14.2. The summed E-state index contributed by atoms with van der Waals surface area (Å²) in [7, 11) is -3.19. The van der Waals surface area contributed by atoms with Gasteiger partial charge in [-0.05, 0) is 26.0 Å². The highest BCUT2D eigenvalue weighted by Crippen LogP contribution is 2.32. The second-order valence-electron chi connectivity index (χ2n) is 5.40. The number of fused-ring (bicyclic) bond motifs is 1. The molecule has 3 N–H and O–H groups in total. The van der Waals surface area contributed by atoms with Gasteiger partial charge in [-0.1, -0.05) is 0 Å². The number of ether oxygens (including phenoxy) is 2. The fourth-order valence-corrected chi connectivity index (χ4v) is 2.76. The van der Waals surface area contributed by atoms with Crippen LogP contribution in [0.1, 0.15) is 20.3 Å². The van der Waals surface area contributed by atoms with E-state index >= 15 is 0 Å². The van der Waals surface area contributed by atoms with E-state index in [0.29, 0.717) is 38.0 Å². The number of rotatable bonds is 7. The van der Waals surface area contributed by atoms with Crippen LogP contribution in [0.4, 0.5) is 5.69 Å². The van der Waals surface area contributed by atoms with Crippen molar-refractivity contribution in [1.29, 1.82) is 0 Å². The second-order valence-corrected chi connectivity index (χ2v) is 7.49. The lowest BCUT2D eigenvalue weighted by molar-refractivity contribution is 0.297. The summed E-state index contributed by atoms with van der Waals surface area (Å²) < 4.78 is 36.6. The van der Waals surface area contributed by atoms with Crippen molar-refractivity contribution in [3.8, 4) is 11.5 Å². The maximum absolute atomic E-state index is 11.4. The van der Waals surface area contributed by atoms with E-state index in [0.717, 1.165) is 17.9 Å². The lowest BCUT2D eigenvalue weighted by Crippen LogP contribution is -2.32. The quantitative estimate of drug-likeness (QED) is 0.230. The Morgan fingerprint density at radius 3 is 2.62 bits per heavy atom. The molecule has 1 aromatic rings. The first-order valence-electron chi connectivity index (χ1n) is 8.46. The average molecular weight is 498 g/mol. The summed E-state index contributed by atoms with van der Waals surface area (Å²) in [4.78, 5) is 4.37. The molecule has 1 aliphatic heterocycles. The van der Waals surface area contributed by atoms with E-state index in [2.05, 4.69) is 20.3 Å². The maximum Gasteiger partial charge on any atom is 0.211 e. The molecule has 0 saturated carbocycles. The number of nitrogens with one attached hydrogen (secondary N) is 3. The fourth-order valence-electron chi connectivity index (χ4n) is 2.16. The number of sulfonamides is 1. The molecule has 26 heavy (non-hydrogen) atoms. The van der Waals surface area contributed by atoms with Gasteiger partial charge < -0.3 is 20.1 Å². The fraction of sp³-hybridized carbons (Fsp3) is 0.562. The Morgan fingerprint density at radius 1 is 1.19 bits per heavy atom. The Morgan fingerprint density at radius 2 is 1.92 bits per heavy atom. The molecule has 10 heteroatoms. The summed E-state index contributed by atoms with van der Waals surface area (Å²) in [5.74, 6) is 2.08. The molecule has 0 aromatic heterocycles. The monoisotopic (exact) mass is 498 g/mol. The van der Waals surface area contributed by atoms with Crippen molar-refractivity contribution in [2.24, 2.45) is 4.99 Å². The van der Waals surface area contributed by atoms with Gasteiger partial charge in [0.15, 0.2) is 17.5 Å². The number of benzene rings is 1. The minimum absolute atomic E-state index is 0. The first-order valence-corrected chi connectivity index (χ1v) is 10.1. The number of aliphatic imine (C=N–C) groups is 1. The molecule has 1 aliphatic rings. The molecule has 0 unspecified atom stereocenters. The topological polar surface area (TPSA) is 101 Å². The molecule has 0 bridgehead atoms. The van der Waals surface area contributed by atoms with E-state index in [1.807, 2.05) is 25.1 Å². The highest BCUT2D eigenvalue weighted by atomic mass is 127. The number of halogens is 1. The number of hydrogen-bond donors (Lipinski definition) is 3. The van der Waals surface area contributed by atoms with Crippen molar-refractivity contribution in [1.82, 2.24) is 10.0 Å². The minimum atomic E-state index is -3.19. The first kappa shape index (κ1) is 22.8. The van der Waals surface area contributed by atoms with Crippen LogP contribution in [-0.4, -0.2) is 53.0 Å². The summed E-state index contributed by atoms with van der Waals surface area (Å²) in [5.41, 5.74) is 0.818. The largest absolute Gasteiger partial charge is 0.490 e. The molecule has 0 saturated heterocycles. The van der Waals surface area contributed by atoms with E-state index in [1.54, 1.807) is 6.92 Å². The third-order valence-corrected chi connectivity index (χ3v) is 4.84. The smallest absolute Gasteiger partial charge is 0.211 e. The van der Waals surface area contributed by atoms with E-state index in [1.165, 1.54) is 0 Å². The molecule has 148 valence electrons. The highest BCUT2D eigenvalue weighted by molar-refractivity contribution is 14.0. The number of hydrogen-bond acceptors (Lipinski definition) is 5. The van der Waals surface area contributed by atoms with Crippen LogP contribution in [0.5, 0.6) is 11.5 Å². The zero-order valence-corrected chi connectivity index (χ0v) is 18.2. The molecule has 0 radical (unpaired) electrons. The Balaban J connectivity index is 0.00000338. The van der Waals surface area contributed by atoms with Crippen molar-refractivity contribution < 1.29 is 17.9 Å². The second kappa shape index (κ2) is 11.4. The molecular weight excluding hydrogens is 471 g/mol. The molecule has 2 rings (SSSR count). The van der Waals surface area contributed by atoms with E-state index in [-0.39, 0.29) is 36.3 Å². The Hall–Kier alpha value is -1.27. The van der Waals surface area contributed by atoms with Gasteiger partial charge in [0.1, 0.15) is 0 Å². The molecule has 1 aromatic carbocycles. The summed E-state index contributed by atoms with van der Waals surface area (Å²) in [5, 5.41) is 6.31. The van der Waals surface area contributed by atoms with Gasteiger partial charge in [-0.15, -0.1) is 24.0 Å². The van der Waals surface area contributed by atoms with Crippen molar-refractivity contribution in [2.45, 2.75) is 20.3 Å². The minimum Gasteiger partial charge on any atom is -0.490 e. The Labute approximate surface area is 172 Å². The van der Waals surface area contributed by atoms with Gasteiger partial charge in [0.05, 0.1) is 25.5 Å². The van der Waals surface area contributed by atoms with Crippen molar-refractivity contribution in [3.05, 3.63) is 18.2 Å². The lowest BCUT2D eigenvalue weighted by Gasteiger charge is -2.13. The maximum atomic E-state index is 11.4. The highest BCUT2D eigenvalue weighted by Gasteiger charge is 2.11. The van der Waals surface area contributed by atoms with Gasteiger partial charge >= 0.3 is 0 Å². The van der Waals surface area contributed by atoms with E-state index < -0.39 is 10.0 Å². The third-order valence-electron chi connectivity index (χ3n) is 3.44. The average Bonchev–Trinajstić information content (AvgIpc) is 2.84. The van der Waals surface area contributed by atoms with Gasteiger partial charge in [0.2, 0.25) is 10.0 Å². The molecule has 8 nitrogen and oxygen atoms in total. The summed E-state index contributed by atoms with van der Waals surface area (Å²) in [6, 6.07) is 5.62. The SMILES string of the molecule is CCNC(=NCCNS(=O)(=O)CC)Nc1ccc2c(c1)OCCCO2.I. The predicted molar refractivity (Wildman–Crippen MR) is 115 cm³/mol. The lowest BCUT2D eigenvalue weighted by atomic mass is 10.3. The molecule has 0 amide bonds.